The van der Waals surface area contributed by atoms with Crippen molar-refractivity contribution < 1.29 is 13.9 Å². The summed E-state index contributed by atoms with van der Waals surface area (Å²) in [7, 11) is 1.57. The summed E-state index contributed by atoms with van der Waals surface area (Å²) in [6.45, 7) is 0.933. The Kier molecular flexibility index (Phi) is 6.27. The van der Waals surface area contributed by atoms with Crippen molar-refractivity contribution >= 4 is 12.0 Å². The van der Waals surface area contributed by atoms with Gasteiger partial charge in [-0.1, -0.05) is 18.2 Å². The van der Waals surface area contributed by atoms with E-state index in [1.54, 1.807) is 25.3 Å². The zero-order chi connectivity index (χ0) is 14.1. The quantitative estimate of drug-likeness (QED) is 0.484. The summed E-state index contributed by atoms with van der Waals surface area (Å²) in [4.78, 5) is 11.7. The topological polar surface area (TPSA) is 62.1 Å². The SMILES string of the molecule is COCCCNC(=O)C(C#N)=Cc1ccccc1F. The lowest BCUT2D eigenvalue weighted by molar-refractivity contribution is -0.117. The van der Waals surface area contributed by atoms with Gasteiger partial charge in [0.25, 0.3) is 5.91 Å². The molecule has 0 aliphatic carbocycles. The Morgan fingerprint density at radius 3 is 2.89 bits per heavy atom. The highest BCUT2D eigenvalue weighted by Gasteiger charge is 2.09. The van der Waals surface area contributed by atoms with Crippen LogP contribution in [0.5, 0.6) is 0 Å². The van der Waals surface area contributed by atoms with E-state index in [2.05, 4.69) is 5.32 Å². The molecule has 0 atom stereocenters. The lowest BCUT2D eigenvalue weighted by Crippen LogP contribution is -2.26. The standard InChI is InChI=1S/C14H15FN2O2/c1-19-8-4-7-17-14(18)12(10-16)9-11-5-2-3-6-13(11)15/h2-3,5-6,9H,4,7-8H2,1H3,(H,17,18). The second-order valence-electron chi connectivity index (χ2n) is 3.79. The third-order valence-corrected chi connectivity index (χ3v) is 2.38. The first kappa shape index (κ1) is 14.9. The van der Waals surface area contributed by atoms with Crippen LogP contribution < -0.4 is 5.32 Å². The van der Waals surface area contributed by atoms with E-state index in [1.807, 2.05) is 0 Å². The number of carbonyl (C=O) groups is 1. The Hall–Kier alpha value is -2.19. The Morgan fingerprint density at radius 2 is 2.26 bits per heavy atom. The summed E-state index contributed by atoms with van der Waals surface area (Å²) in [6, 6.07) is 7.73. The average Bonchev–Trinajstić information content (AvgIpc) is 2.42. The van der Waals surface area contributed by atoms with Crippen molar-refractivity contribution in [2.75, 3.05) is 20.3 Å². The molecule has 0 aliphatic heterocycles. The molecule has 1 aromatic rings. The number of nitrogens with one attached hydrogen (secondary N) is 1. The van der Waals surface area contributed by atoms with Crippen molar-refractivity contribution in [1.29, 1.82) is 5.26 Å². The molecule has 1 rings (SSSR count). The largest absolute Gasteiger partial charge is 0.385 e. The Labute approximate surface area is 111 Å². The molecule has 0 bridgehead atoms. The average molecular weight is 262 g/mol. The van der Waals surface area contributed by atoms with Gasteiger partial charge in [-0.25, -0.2) is 4.39 Å². The fourth-order valence-electron chi connectivity index (χ4n) is 1.41. The van der Waals surface area contributed by atoms with Crippen LogP contribution in [0, 0.1) is 17.1 Å². The Morgan fingerprint density at radius 1 is 1.53 bits per heavy atom. The molecule has 1 N–H and O–H groups in total. The van der Waals surface area contributed by atoms with Crippen LogP contribution >= 0.6 is 0 Å². The van der Waals surface area contributed by atoms with Gasteiger partial charge in [-0.15, -0.1) is 0 Å². The molecule has 100 valence electrons. The van der Waals surface area contributed by atoms with Gasteiger partial charge in [0, 0.05) is 25.8 Å². The first-order valence-corrected chi connectivity index (χ1v) is 5.82. The number of hydrogen-bond donors (Lipinski definition) is 1. The first-order valence-electron chi connectivity index (χ1n) is 5.82. The molecule has 0 fully saturated rings. The zero-order valence-electron chi connectivity index (χ0n) is 10.6. The van der Waals surface area contributed by atoms with E-state index < -0.39 is 11.7 Å². The molecule has 0 saturated heterocycles. The molecule has 4 nitrogen and oxygen atoms in total. The van der Waals surface area contributed by atoms with Crippen LogP contribution in [0.15, 0.2) is 29.8 Å². The predicted octanol–water partition coefficient (Wildman–Crippen LogP) is 1.89. The summed E-state index contributed by atoms with van der Waals surface area (Å²) < 4.78 is 18.2. The number of nitriles is 1. The van der Waals surface area contributed by atoms with Gasteiger partial charge >= 0.3 is 0 Å². The van der Waals surface area contributed by atoms with E-state index in [0.29, 0.717) is 19.6 Å². The van der Waals surface area contributed by atoms with E-state index in [1.165, 1.54) is 18.2 Å². The van der Waals surface area contributed by atoms with Gasteiger partial charge in [0.05, 0.1) is 0 Å². The van der Waals surface area contributed by atoms with Crippen molar-refractivity contribution in [1.82, 2.24) is 5.32 Å². The minimum atomic E-state index is -0.512. The minimum Gasteiger partial charge on any atom is -0.385 e. The molecule has 19 heavy (non-hydrogen) atoms. The second kappa shape index (κ2) is 8.01. The summed E-state index contributed by atoms with van der Waals surface area (Å²) in [5, 5.41) is 11.5. The van der Waals surface area contributed by atoms with Gasteiger partial charge in [-0.2, -0.15) is 5.26 Å². The van der Waals surface area contributed by atoms with Crippen LogP contribution in [0.4, 0.5) is 4.39 Å². The molecule has 1 aromatic carbocycles. The highest BCUT2D eigenvalue weighted by atomic mass is 19.1. The highest BCUT2D eigenvalue weighted by molar-refractivity contribution is 6.01. The van der Waals surface area contributed by atoms with Gasteiger partial charge in [-0.05, 0) is 18.6 Å². The summed E-state index contributed by atoms with van der Waals surface area (Å²) >= 11 is 0. The van der Waals surface area contributed by atoms with Crippen molar-refractivity contribution in [3.05, 3.63) is 41.2 Å². The van der Waals surface area contributed by atoms with Gasteiger partial charge in [0.2, 0.25) is 0 Å². The molecule has 0 aromatic heterocycles. The molecule has 0 heterocycles. The van der Waals surface area contributed by atoms with E-state index in [4.69, 9.17) is 10.00 Å². The number of carbonyl (C=O) groups excluding carboxylic acids is 1. The summed E-state index contributed by atoms with van der Waals surface area (Å²) in [6.07, 6.45) is 1.89. The van der Waals surface area contributed by atoms with Crippen LogP contribution in [-0.2, 0) is 9.53 Å². The minimum absolute atomic E-state index is 0.123. The highest BCUT2D eigenvalue weighted by Crippen LogP contribution is 2.11. The summed E-state index contributed by atoms with van der Waals surface area (Å²) in [5.74, 6) is -0.982. The number of ether oxygens (including phenoxy) is 1. The second-order valence-corrected chi connectivity index (χ2v) is 3.79. The van der Waals surface area contributed by atoms with Gasteiger partial charge in [-0.3, -0.25) is 4.79 Å². The monoisotopic (exact) mass is 262 g/mol. The van der Waals surface area contributed by atoms with Crippen molar-refractivity contribution in [3.63, 3.8) is 0 Å². The molecule has 0 spiro atoms. The molecule has 0 saturated carbocycles. The number of methoxy groups -OCH3 is 1. The molecule has 0 aliphatic rings. The number of amides is 1. The maximum atomic E-state index is 13.4. The van der Waals surface area contributed by atoms with E-state index >= 15 is 0 Å². The van der Waals surface area contributed by atoms with Gasteiger partial charge in [0.15, 0.2) is 0 Å². The molecule has 1 amide bonds. The number of benzene rings is 1. The van der Waals surface area contributed by atoms with Crippen LogP contribution in [-0.4, -0.2) is 26.2 Å². The Balaban J connectivity index is 2.70. The molecule has 0 unspecified atom stereocenters. The van der Waals surface area contributed by atoms with E-state index in [-0.39, 0.29) is 11.1 Å². The molecule has 5 heteroatoms. The van der Waals surface area contributed by atoms with Crippen LogP contribution in [0.3, 0.4) is 0 Å². The first-order chi connectivity index (χ1) is 9.19. The lowest BCUT2D eigenvalue weighted by atomic mass is 10.1. The van der Waals surface area contributed by atoms with Crippen LogP contribution in [0.25, 0.3) is 6.08 Å². The fraction of sp³-hybridized carbons (Fsp3) is 0.286. The van der Waals surface area contributed by atoms with E-state index in [0.717, 1.165) is 0 Å². The zero-order valence-corrected chi connectivity index (χ0v) is 10.6. The number of rotatable bonds is 6. The number of hydrogen-bond acceptors (Lipinski definition) is 3. The number of halogens is 1. The normalized spacial score (nSPS) is 10.9. The van der Waals surface area contributed by atoms with Crippen LogP contribution in [0.2, 0.25) is 0 Å². The summed E-state index contributed by atoms with van der Waals surface area (Å²) in [5.41, 5.74) is 0.0913. The fourth-order valence-corrected chi connectivity index (χ4v) is 1.41. The molecule has 0 radical (unpaired) electrons. The predicted molar refractivity (Wildman–Crippen MR) is 69.5 cm³/mol. The van der Waals surface area contributed by atoms with Crippen molar-refractivity contribution in [2.24, 2.45) is 0 Å². The maximum absolute atomic E-state index is 13.4. The number of nitrogens with zero attached hydrogens (tertiary/aromatic N) is 1. The van der Waals surface area contributed by atoms with E-state index in [9.17, 15) is 9.18 Å². The smallest absolute Gasteiger partial charge is 0.261 e. The van der Waals surface area contributed by atoms with Gasteiger partial charge in [0.1, 0.15) is 17.5 Å². The third kappa shape index (κ3) is 4.90. The van der Waals surface area contributed by atoms with Crippen molar-refractivity contribution in [3.8, 4) is 6.07 Å². The van der Waals surface area contributed by atoms with Gasteiger partial charge < -0.3 is 10.1 Å². The third-order valence-electron chi connectivity index (χ3n) is 2.38. The molecular weight excluding hydrogens is 247 g/mol. The van der Waals surface area contributed by atoms with Crippen LogP contribution in [0.1, 0.15) is 12.0 Å². The Bertz CT molecular complexity index is 506. The maximum Gasteiger partial charge on any atom is 0.261 e. The lowest BCUT2D eigenvalue weighted by Gasteiger charge is -2.04. The van der Waals surface area contributed by atoms with Crippen molar-refractivity contribution in [2.45, 2.75) is 6.42 Å². The molecular formula is C14H15FN2O2.